The standard InChI is InChI=1S/C13H16N4O/c14-8-9-1-4-12(11(15)7-9)16-5-6-17-13(18)10-2-3-10/h1,4,7,10,16H,2-3,5-6,15H2,(H,17,18). The molecule has 1 aliphatic rings. The summed E-state index contributed by atoms with van der Waals surface area (Å²) in [6, 6.07) is 7.15. The van der Waals surface area contributed by atoms with Gasteiger partial charge < -0.3 is 16.4 Å². The zero-order chi connectivity index (χ0) is 13.0. The molecular weight excluding hydrogens is 228 g/mol. The Morgan fingerprint density at radius 2 is 2.22 bits per heavy atom. The van der Waals surface area contributed by atoms with Crippen LogP contribution in [0.15, 0.2) is 18.2 Å². The number of carbonyl (C=O) groups excluding carboxylic acids is 1. The predicted molar refractivity (Wildman–Crippen MR) is 69.8 cm³/mol. The van der Waals surface area contributed by atoms with Crippen molar-refractivity contribution in [1.29, 1.82) is 5.26 Å². The van der Waals surface area contributed by atoms with Gasteiger partial charge in [-0.3, -0.25) is 4.79 Å². The molecular formula is C13H16N4O. The highest BCUT2D eigenvalue weighted by Gasteiger charge is 2.28. The van der Waals surface area contributed by atoms with E-state index in [9.17, 15) is 4.79 Å². The first-order valence-corrected chi connectivity index (χ1v) is 6.02. The number of anilines is 2. The number of carbonyl (C=O) groups is 1. The first-order valence-electron chi connectivity index (χ1n) is 6.02. The van der Waals surface area contributed by atoms with Crippen LogP contribution in [0.1, 0.15) is 18.4 Å². The maximum Gasteiger partial charge on any atom is 0.223 e. The van der Waals surface area contributed by atoms with E-state index in [2.05, 4.69) is 10.6 Å². The fraction of sp³-hybridized carbons (Fsp3) is 0.385. The van der Waals surface area contributed by atoms with Crippen molar-refractivity contribution < 1.29 is 4.79 Å². The van der Waals surface area contributed by atoms with Crippen LogP contribution in [0.2, 0.25) is 0 Å². The number of rotatable bonds is 5. The zero-order valence-electron chi connectivity index (χ0n) is 10.1. The van der Waals surface area contributed by atoms with Crippen molar-refractivity contribution in [3.8, 4) is 6.07 Å². The molecule has 0 radical (unpaired) electrons. The van der Waals surface area contributed by atoms with Gasteiger partial charge in [-0.25, -0.2) is 0 Å². The van der Waals surface area contributed by atoms with Crippen molar-refractivity contribution in [2.45, 2.75) is 12.8 Å². The van der Waals surface area contributed by atoms with E-state index in [0.717, 1.165) is 18.5 Å². The summed E-state index contributed by atoms with van der Waals surface area (Å²) < 4.78 is 0. The van der Waals surface area contributed by atoms with Gasteiger partial charge in [-0.2, -0.15) is 5.26 Å². The van der Waals surface area contributed by atoms with Crippen LogP contribution in [0, 0.1) is 17.2 Å². The largest absolute Gasteiger partial charge is 0.397 e. The Morgan fingerprint density at radius 3 is 2.83 bits per heavy atom. The number of nitrogens with one attached hydrogen (secondary N) is 2. The van der Waals surface area contributed by atoms with E-state index < -0.39 is 0 Å². The van der Waals surface area contributed by atoms with Gasteiger partial charge in [-0.05, 0) is 31.0 Å². The van der Waals surface area contributed by atoms with Crippen molar-refractivity contribution in [3.63, 3.8) is 0 Å². The second-order valence-electron chi connectivity index (χ2n) is 4.41. The molecule has 0 atom stereocenters. The van der Waals surface area contributed by atoms with Gasteiger partial charge in [0.25, 0.3) is 0 Å². The van der Waals surface area contributed by atoms with E-state index in [-0.39, 0.29) is 11.8 Å². The SMILES string of the molecule is N#Cc1ccc(NCCNC(=O)C2CC2)c(N)c1. The third-order valence-electron chi connectivity index (χ3n) is 2.87. The van der Waals surface area contributed by atoms with Gasteiger partial charge in [0.05, 0.1) is 23.0 Å². The highest BCUT2D eigenvalue weighted by molar-refractivity contribution is 5.80. The van der Waals surface area contributed by atoms with Crippen LogP contribution in [-0.2, 0) is 4.79 Å². The fourth-order valence-electron chi connectivity index (χ4n) is 1.67. The normalized spacial score (nSPS) is 13.7. The summed E-state index contributed by atoms with van der Waals surface area (Å²) in [6.07, 6.45) is 2.03. The average Bonchev–Trinajstić information content (AvgIpc) is 3.20. The van der Waals surface area contributed by atoms with Crippen LogP contribution in [0.3, 0.4) is 0 Å². The topological polar surface area (TPSA) is 90.9 Å². The number of nitrogens with two attached hydrogens (primary N) is 1. The average molecular weight is 244 g/mol. The summed E-state index contributed by atoms with van der Waals surface area (Å²) in [4.78, 5) is 11.4. The van der Waals surface area contributed by atoms with E-state index in [0.29, 0.717) is 24.3 Å². The number of hydrogen-bond acceptors (Lipinski definition) is 4. The summed E-state index contributed by atoms with van der Waals surface area (Å²) >= 11 is 0. The summed E-state index contributed by atoms with van der Waals surface area (Å²) in [5, 5.41) is 14.7. The Bertz CT molecular complexity index is 488. The molecule has 2 rings (SSSR count). The van der Waals surface area contributed by atoms with Crippen molar-refractivity contribution in [2.24, 2.45) is 5.92 Å². The van der Waals surface area contributed by atoms with Crippen molar-refractivity contribution in [1.82, 2.24) is 5.32 Å². The summed E-state index contributed by atoms with van der Waals surface area (Å²) in [6.45, 7) is 1.20. The van der Waals surface area contributed by atoms with Crippen LogP contribution < -0.4 is 16.4 Å². The second-order valence-corrected chi connectivity index (χ2v) is 4.41. The minimum absolute atomic E-state index is 0.143. The Hall–Kier alpha value is -2.22. The molecule has 0 aliphatic heterocycles. The lowest BCUT2D eigenvalue weighted by Gasteiger charge is -2.10. The first kappa shape index (κ1) is 12.2. The van der Waals surface area contributed by atoms with E-state index >= 15 is 0 Å². The van der Waals surface area contributed by atoms with E-state index in [1.165, 1.54) is 0 Å². The molecule has 18 heavy (non-hydrogen) atoms. The Balaban J connectivity index is 1.76. The molecule has 1 fully saturated rings. The van der Waals surface area contributed by atoms with Crippen LogP contribution in [0.4, 0.5) is 11.4 Å². The molecule has 1 saturated carbocycles. The molecule has 1 amide bonds. The zero-order valence-corrected chi connectivity index (χ0v) is 10.1. The summed E-state index contributed by atoms with van der Waals surface area (Å²) in [7, 11) is 0. The number of hydrogen-bond donors (Lipinski definition) is 3. The molecule has 0 saturated heterocycles. The molecule has 0 spiro atoms. The van der Waals surface area contributed by atoms with E-state index in [4.69, 9.17) is 11.0 Å². The van der Waals surface area contributed by atoms with Gasteiger partial charge >= 0.3 is 0 Å². The van der Waals surface area contributed by atoms with Gasteiger partial charge in [0.1, 0.15) is 0 Å². The molecule has 0 aromatic heterocycles. The quantitative estimate of drug-likeness (QED) is 0.534. The Labute approximate surface area is 106 Å². The van der Waals surface area contributed by atoms with Crippen LogP contribution in [0.5, 0.6) is 0 Å². The monoisotopic (exact) mass is 244 g/mol. The third kappa shape index (κ3) is 3.14. The van der Waals surface area contributed by atoms with Gasteiger partial charge in [0, 0.05) is 19.0 Å². The molecule has 1 aromatic carbocycles. The summed E-state index contributed by atoms with van der Waals surface area (Å²) in [5.74, 6) is 0.384. The first-order chi connectivity index (χ1) is 8.70. The van der Waals surface area contributed by atoms with Crippen LogP contribution >= 0.6 is 0 Å². The molecule has 0 bridgehead atoms. The van der Waals surface area contributed by atoms with Crippen LogP contribution in [-0.4, -0.2) is 19.0 Å². The van der Waals surface area contributed by atoms with Gasteiger partial charge in [-0.1, -0.05) is 0 Å². The Morgan fingerprint density at radius 1 is 1.44 bits per heavy atom. The number of amides is 1. The van der Waals surface area contributed by atoms with Gasteiger partial charge in [-0.15, -0.1) is 0 Å². The number of nitrogens with zero attached hydrogens (tertiary/aromatic N) is 1. The molecule has 5 nitrogen and oxygen atoms in total. The molecule has 0 heterocycles. The minimum atomic E-state index is 0.143. The number of nitrogen functional groups attached to an aromatic ring is 1. The molecule has 5 heteroatoms. The second kappa shape index (κ2) is 5.41. The number of benzene rings is 1. The van der Waals surface area contributed by atoms with E-state index in [1.807, 2.05) is 6.07 Å². The van der Waals surface area contributed by atoms with Crippen molar-refractivity contribution in [2.75, 3.05) is 24.1 Å². The van der Waals surface area contributed by atoms with E-state index in [1.54, 1.807) is 18.2 Å². The lowest BCUT2D eigenvalue weighted by molar-refractivity contribution is -0.122. The number of nitriles is 1. The summed E-state index contributed by atoms with van der Waals surface area (Å²) in [5.41, 5.74) is 7.67. The Kier molecular flexibility index (Phi) is 3.68. The smallest absolute Gasteiger partial charge is 0.223 e. The predicted octanol–water partition coefficient (Wildman–Crippen LogP) is 1.08. The van der Waals surface area contributed by atoms with Gasteiger partial charge in [0.2, 0.25) is 5.91 Å². The maximum absolute atomic E-state index is 11.4. The fourth-order valence-corrected chi connectivity index (χ4v) is 1.67. The molecule has 0 unspecified atom stereocenters. The molecule has 4 N–H and O–H groups in total. The highest BCUT2D eigenvalue weighted by Crippen LogP contribution is 2.28. The highest BCUT2D eigenvalue weighted by atomic mass is 16.2. The van der Waals surface area contributed by atoms with Crippen molar-refractivity contribution >= 4 is 17.3 Å². The van der Waals surface area contributed by atoms with Gasteiger partial charge in [0.15, 0.2) is 0 Å². The van der Waals surface area contributed by atoms with Crippen molar-refractivity contribution in [3.05, 3.63) is 23.8 Å². The maximum atomic E-state index is 11.4. The lowest BCUT2D eigenvalue weighted by Crippen LogP contribution is -2.29. The minimum Gasteiger partial charge on any atom is -0.397 e. The lowest BCUT2D eigenvalue weighted by atomic mass is 10.2. The molecule has 94 valence electrons. The third-order valence-corrected chi connectivity index (χ3v) is 2.87. The van der Waals surface area contributed by atoms with Crippen LogP contribution in [0.25, 0.3) is 0 Å². The molecule has 1 aliphatic carbocycles. The molecule has 1 aromatic rings.